The number of likely N-dealkylation sites (N-methyl/N-ethyl adjacent to an activating group) is 1. The van der Waals surface area contributed by atoms with Crippen molar-refractivity contribution in [3.05, 3.63) is 65.7 Å². The van der Waals surface area contributed by atoms with Crippen molar-refractivity contribution >= 4 is 17.5 Å². The monoisotopic (exact) mass is 489 g/mol. The van der Waals surface area contributed by atoms with E-state index in [9.17, 15) is 9.59 Å². The number of anilines is 1. The number of aryl methyl sites for hydroxylation is 1. The zero-order valence-electron chi connectivity index (χ0n) is 21.6. The van der Waals surface area contributed by atoms with Crippen LogP contribution in [0.1, 0.15) is 30.4 Å². The van der Waals surface area contributed by atoms with E-state index in [1.54, 1.807) is 0 Å². The standard InChI is InChI=1S/C29H39N5O2/c1-22-8-10-23(11-9-22)21-34-15-14-26-28(34)29(36)30-20-25(31(26)2)12-13-27(35)33-18-16-32(17-19-33)24-6-4-3-5-7-24/h3-11,25-26,28H,12-21H2,1-2H3,(H,30,36)/t25-,26+,28-/m0/s1. The molecule has 3 saturated heterocycles. The largest absolute Gasteiger partial charge is 0.368 e. The number of carbonyl (C=O) groups is 2. The highest BCUT2D eigenvalue weighted by Crippen LogP contribution is 2.29. The van der Waals surface area contributed by atoms with Gasteiger partial charge in [-0.15, -0.1) is 0 Å². The molecule has 0 aliphatic carbocycles. The number of hydrogen-bond donors (Lipinski definition) is 1. The van der Waals surface area contributed by atoms with Gasteiger partial charge < -0.3 is 15.1 Å². The van der Waals surface area contributed by atoms with Crippen molar-refractivity contribution in [3.8, 4) is 0 Å². The molecule has 3 atom stereocenters. The van der Waals surface area contributed by atoms with Gasteiger partial charge in [-0.3, -0.25) is 19.4 Å². The Labute approximate surface area is 215 Å². The predicted molar refractivity (Wildman–Crippen MR) is 143 cm³/mol. The summed E-state index contributed by atoms with van der Waals surface area (Å²) in [7, 11) is 2.14. The second-order valence-corrected chi connectivity index (χ2v) is 10.6. The average Bonchev–Trinajstić information content (AvgIpc) is 3.28. The third-order valence-electron chi connectivity index (χ3n) is 8.30. The number of amides is 2. The molecule has 3 aliphatic rings. The molecule has 0 spiro atoms. The number of nitrogens with zero attached hydrogens (tertiary/aromatic N) is 4. The van der Waals surface area contributed by atoms with Crippen LogP contribution in [0.3, 0.4) is 0 Å². The number of hydrogen-bond acceptors (Lipinski definition) is 5. The van der Waals surface area contributed by atoms with Crippen molar-refractivity contribution in [3.63, 3.8) is 0 Å². The van der Waals surface area contributed by atoms with Gasteiger partial charge in [-0.1, -0.05) is 48.0 Å². The number of rotatable bonds is 6. The first-order valence-corrected chi connectivity index (χ1v) is 13.4. The Kier molecular flexibility index (Phi) is 7.58. The molecule has 7 heteroatoms. The van der Waals surface area contributed by atoms with Gasteiger partial charge in [0.05, 0.1) is 0 Å². The zero-order chi connectivity index (χ0) is 25.1. The van der Waals surface area contributed by atoms with E-state index in [2.05, 4.69) is 82.5 Å². The fourth-order valence-electron chi connectivity index (χ4n) is 6.06. The molecule has 2 amide bonds. The highest BCUT2D eigenvalue weighted by molar-refractivity contribution is 5.83. The number of para-hydroxylation sites is 1. The molecule has 7 nitrogen and oxygen atoms in total. The topological polar surface area (TPSA) is 59.1 Å². The Morgan fingerprint density at radius 3 is 2.42 bits per heavy atom. The Hall–Kier alpha value is -2.90. The van der Waals surface area contributed by atoms with E-state index in [-0.39, 0.29) is 29.9 Å². The highest BCUT2D eigenvalue weighted by Gasteiger charge is 2.45. The molecule has 3 heterocycles. The Balaban J connectivity index is 1.14. The van der Waals surface area contributed by atoms with Gasteiger partial charge in [0.1, 0.15) is 6.04 Å². The average molecular weight is 490 g/mol. The summed E-state index contributed by atoms with van der Waals surface area (Å²) in [5.41, 5.74) is 3.72. The SMILES string of the molecule is Cc1ccc(CN2CC[C@@H]3[C@H]2C(=O)NC[C@H](CCC(=O)N2CCN(c4ccccc4)CC2)N3C)cc1. The van der Waals surface area contributed by atoms with Crippen molar-refractivity contribution in [1.82, 2.24) is 20.0 Å². The molecule has 192 valence electrons. The maximum absolute atomic E-state index is 13.1. The lowest BCUT2D eigenvalue weighted by atomic mass is 10.0. The number of carbonyl (C=O) groups excluding carboxylic acids is 2. The number of nitrogens with one attached hydrogen (secondary N) is 1. The van der Waals surface area contributed by atoms with E-state index in [4.69, 9.17) is 0 Å². The maximum Gasteiger partial charge on any atom is 0.239 e. The van der Waals surface area contributed by atoms with Crippen LogP contribution in [0.4, 0.5) is 5.69 Å². The third kappa shape index (κ3) is 5.42. The quantitative estimate of drug-likeness (QED) is 0.676. The molecule has 0 unspecified atom stereocenters. The Morgan fingerprint density at radius 2 is 1.69 bits per heavy atom. The molecular formula is C29H39N5O2. The van der Waals surface area contributed by atoms with Crippen molar-refractivity contribution in [2.45, 2.75) is 50.9 Å². The predicted octanol–water partition coefficient (Wildman–Crippen LogP) is 2.50. The van der Waals surface area contributed by atoms with Crippen LogP contribution in [0.15, 0.2) is 54.6 Å². The van der Waals surface area contributed by atoms with Crippen molar-refractivity contribution < 1.29 is 9.59 Å². The van der Waals surface area contributed by atoms with Gasteiger partial charge in [-0.2, -0.15) is 0 Å². The minimum atomic E-state index is -0.136. The summed E-state index contributed by atoms with van der Waals surface area (Å²) in [6.45, 7) is 7.69. The van der Waals surface area contributed by atoms with Crippen LogP contribution in [0.2, 0.25) is 0 Å². The fourth-order valence-corrected chi connectivity index (χ4v) is 6.06. The maximum atomic E-state index is 13.1. The summed E-state index contributed by atoms with van der Waals surface area (Å²) < 4.78 is 0. The molecule has 1 N–H and O–H groups in total. The van der Waals surface area contributed by atoms with Crippen molar-refractivity contribution in [2.24, 2.45) is 0 Å². The van der Waals surface area contributed by atoms with E-state index < -0.39 is 0 Å². The van der Waals surface area contributed by atoms with Gasteiger partial charge in [0, 0.05) is 70.0 Å². The van der Waals surface area contributed by atoms with E-state index in [0.29, 0.717) is 13.0 Å². The number of piperazine rings is 1. The van der Waals surface area contributed by atoms with Gasteiger partial charge >= 0.3 is 0 Å². The highest BCUT2D eigenvalue weighted by atomic mass is 16.2. The van der Waals surface area contributed by atoms with Crippen LogP contribution >= 0.6 is 0 Å². The smallest absolute Gasteiger partial charge is 0.239 e. The minimum absolute atomic E-state index is 0.127. The molecule has 3 aliphatic heterocycles. The zero-order valence-corrected chi connectivity index (χ0v) is 21.6. The van der Waals surface area contributed by atoms with Crippen LogP contribution in [0.5, 0.6) is 0 Å². The van der Waals surface area contributed by atoms with E-state index >= 15 is 0 Å². The second kappa shape index (κ2) is 11.0. The molecule has 0 saturated carbocycles. The second-order valence-electron chi connectivity index (χ2n) is 10.6. The van der Waals surface area contributed by atoms with Crippen molar-refractivity contribution in [1.29, 1.82) is 0 Å². The molecule has 0 bridgehead atoms. The Morgan fingerprint density at radius 1 is 0.972 bits per heavy atom. The molecular weight excluding hydrogens is 450 g/mol. The van der Waals surface area contributed by atoms with Gasteiger partial charge in [0.15, 0.2) is 0 Å². The van der Waals surface area contributed by atoms with Crippen molar-refractivity contribution in [2.75, 3.05) is 51.2 Å². The van der Waals surface area contributed by atoms with Crippen LogP contribution in [-0.2, 0) is 16.1 Å². The lowest BCUT2D eigenvalue weighted by Crippen LogP contribution is -2.50. The number of fused-ring (bicyclic) bond motifs is 1. The van der Waals surface area contributed by atoms with E-state index in [0.717, 1.165) is 52.1 Å². The first-order chi connectivity index (χ1) is 17.5. The van der Waals surface area contributed by atoms with Crippen LogP contribution in [0.25, 0.3) is 0 Å². The summed E-state index contributed by atoms with van der Waals surface area (Å²) in [4.78, 5) is 35.2. The number of benzene rings is 2. The van der Waals surface area contributed by atoms with Gasteiger partial charge in [-0.25, -0.2) is 0 Å². The summed E-state index contributed by atoms with van der Waals surface area (Å²) in [6.07, 6.45) is 2.28. The van der Waals surface area contributed by atoms with E-state index in [1.807, 2.05) is 11.0 Å². The third-order valence-corrected chi connectivity index (χ3v) is 8.30. The molecule has 0 aromatic heterocycles. The first kappa shape index (κ1) is 24.8. The summed E-state index contributed by atoms with van der Waals surface area (Å²) in [6, 6.07) is 19.2. The normalized spacial score (nSPS) is 25.4. The molecule has 3 fully saturated rings. The van der Waals surface area contributed by atoms with Gasteiger partial charge in [0.2, 0.25) is 11.8 Å². The fraction of sp³-hybridized carbons (Fsp3) is 0.517. The molecule has 5 rings (SSSR count). The molecule has 2 aromatic carbocycles. The lowest BCUT2D eigenvalue weighted by molar-refractivity contribution is -0.132. The van der Waals surface area contributed by atoms with Gasteiger partial charge in [0.25, 0.3) is 0 Å². The number of likely N-dealkylation sites (tertiary alicyclic amines) is 1. The minimum Gasteiger partial charge on any atom is -0.368 e. The van der Waals surface area contributed by atoms with Crippen LogP contribution in [-0.4, -0.2) is 91.0 Å². The first-order valence-electron chi connectivity index (χ1n) is 13.4. The van der Waals surface area contributed by atoms with Crippen LogP contribution < -0.4 is 10.2 Å². The van der Waals surface area contributed by atoms with E-state index in [1.165, 1.54) is 16.8 Å². The van der Waals surface area contributed by atoms with Gasteiger partial charge in [-0.05, 0) is 44.5 Å². The molecule has 0 radical (unpaired) electrons. The molecule has 36 heavy (non-hydrogen) atoms. The lowest BCUT2D eigenvalue weighted by Gasteiger charge is -2.37. The summed E-state index contributed by atoms with van der Waals surface area (Å²) in [5.74, 6) is 0.359. The Bertz CT molecular complexity index is 1040. The summed E-state index contributed by atoms with van der Waals surface area (Å²) >= 11 is 0. The van der Waals surface area contributed by atoms with Crippen LogP contribution in [0, 0.1) is 6.92 Å². The molecule has 2 aromatic rings. The summed E-state index contributed by atoms with van der Waals surface area (Å²) in [5, 5.41) is 3.19.